The molecule has 2 N–H and O–H groups in total. The van der Waals surface area contributed by atoms with Gasteiger partial charge < -0.3 is 15.2 Å². The highest BCUT2D eigenvalue weighted by atomic mass is 16.5. The maximum absolute atomic E-state index is 12.7. The molecule has 0 bridgehead atoms. The lowest BCUT2D eigenvalue weighted by Crippen LogP contribution is -2.54. The minimum Gasteiger partial charge on any atom is -0.494 e. The first-order valence-corrected chi connectivity index (χ1v) is 10.1. The molecule has 7 nitrogen and oxygen atoms in total. The predicted octanol–water partition coefficient (Wildman–Crippen LogP) is 2.46. The van der Waals surface area contributed by atoms with Crippen molar-refractivity contribution in [2.45, 2.75) is 64.6 Å². The monoisotopic (exact) mass is 399 g/mol. The van der Waals surface area contributed by atoms with E-state index in [1.807, 2.05) is 45.0 Å². The number of nitrogens with one attached hydrogen (secondary N) is 1. The van der Waals surface area contributed by atoms with Crippen molar-refractivity contribution in [3.8, 4) is 16.9 Å². The molecular formula is C22H29N3O4. The number of ether oxygens (including phenoxy) is 1. The fraction of sp³-hybridized carbons (Fsp3) is 0.500. The topological polar surface area (TPSA) is 93.5 Å². The molecule has 2 aromatic rings. The van der Waals surface area contributed by atoms with Gasteiger partial charge in [0.2, 0.25) is 5.91 Å². The van der Waals surface area contributed by atoms with Crippen LogP contribution in [0.5, 0.6) is 5.75 Å². The zero-order chi connectivity index (χ0) is 21.2. The second-order valence-electron chi connectivity index (χ2n) is 8.22. The van der Waals surface area contributed by atoms with Crippen molar-refractivity contribution < 1.29 is 14.6 Å². The summed E-state index contributed by atoms with van der Waals surface area (Å²) in [6.45, 7) is 8.09. The average Bonchev–Trinajstić information content (AvgIpc) is 2.62. The standard InChI is InChI=1S/C22H29N3O4/c1-5-29-17-8-6-7-15(9-17)18-10-20(27)25(24-21(18)14(2)3)13-19(26)23-16-11-22(4,28)12-16/h6-10,14,16,28H,5,11-13H2,1-4H3,(H,23,26). The van der Waals surface area contributed by atoms with Crippen LogP contribution in [-0.4, -0.2) is 39.0 Å². The highest BCUT2D eigenvalue weighted by molar-refractivity contribution is 5.76. The molecule has 0 aliphatic heterocycles. The maximum atomic E-state index is 12.7. The lowest BCUT2D eigenvalue weighted by molar-refractivity contribution is -0.125. The first-order valence-electron chi connectivity index (χ1n) is 10.1. The number of carbonyl (C=O) groups excluding carboxylic acids is 1. The third kappa shape index (κ3) is 5.03. The fourth-order valence-electron chi connectivity index (χ4n) is 3.71. The zero-order valence-electron chi connectivity index (χ0n) is 17.4. The summed E-state index contributed by atoms with van der Waals surface area (Å²) >= 11 is 0. The van der Waals surface area contributed by atoms with Crippen LogP contribution in [0, 0.1) is 0 Å². The summed E-state index contributed by atoms with van der Waals surface area (Å²) in [6.07, 6.45) is 1.04. The number of aliphatic hydroxyl groups is 1. The van der Waals surface area contributed by atoms with E-state index < -0.39 is 5.60 Å². The SMILES string of the molecule is CCOc1cccc(-c2cc(=O)n(CC(=O)NC3CC(C)(O)C3)nc2C(C)C)c1. The molecule has 0 unspecified atom stereocenters. The Morgan fingerprint density at radius 2 is 2.10 bits per heavy atom. The second-order valence-corrected chi connectivity index (χ2v) is 8.22. The smallest absolute Gasteiger partial charge is 0.267 e. The molecule has 1 aromatic carbocycles. The molecule has 0 radical (unpaired) electrons. The van der Waals surface area contributed by atoms with Gasteiger partial charge in [-0.3, -0.25) is 9.59 Å². The highest BCUT2D eigenvalue weighted by Crippen LogP contribution is 2.31. The summed E-state index contributed by atoms with van der Waals surface area (Å²) in [7, 11) is 0. The molecule has 156 valence electrons. The van der Waals surface area contributed by atoms with E-state index in [9.17, 15) is 14.7 Å². The van der Waals surface area contributed by atoms with Gasteiger partial charge in [0, 0.05) is 17.7 Å². The van der Waals surface area contributed by atoms with Crippen molar-refractivity contribution in [1.82, 2.24) is 15.1 Å². The number of amides is 1. The maximum Gasteiger partial charge on any atom is 0.267 e. The van der Waals surface area contributed by atoms with Gasteiger partial charge in [-0.25, -0.2) is 4.68 Å². The molecule has 1 amide bonds. The number of carbonyl (C=O) groups is 1. The van der Waals surface area contributed by atoms with Gasteiger partial charge in [-0.05, 0) is 50.3 Å². The zero-order valence-corrected chi connectivity index (χ0v) is 17.4. The van der Waals surface area contributed by atoms with Crippen molar-refractivity contribution in [2.24, 2.45) is 0 Å². The number of hydrogen-bond donors (Lipinski definition) is 2. The molecule has 7 heteroatoms. The lowest BCUT2D eigenvalue weighted by atomic mass is 9.77. The number of aromatic nitrogens is 2. The van der Waals surface area contributed by atoms with E-state index in [0.717, 1.165) is 22.6 Å². The Hall–Kier alpha value is -2.67. The Kier molecular flexibility index (Phi) is 6.07. The van der Waals surface area contributed by atoms with Gasteiger partial charge in [0.25, 0.3) is 5.56 Å². The van der Waals surface area contributed by atoms with Gasteiger partial charge in [0.1, 0.15) is 12.3 Å². The van der Waals surface area contributed by atoms with E-state index in [1.54, 1.807) is 6.92 Å². The largest absolute Gasteiger partial charge is 0.494 e. The molecule has 1 aliphatic carbocycles. The van der Waals surface area contributed by atoms with Crippen LogP contribution in [0.4, 0.5) is 0 Å². The molecule has 1 aliphatic rings. The van der Waals surface area contributed by atoms with E-state index in [2.05, 4.69) is 10.4 Å². The van der Waals surface area contributed by atoms with E-state index >= 15 is 0 Å². The van der Waals surface area contributed by atoms with E-state index in [1.165, 1.54) is 10.7 Å². The summed E-state index contributed by atoms with van der Waals surface area (Å²) in [4.78, 5) is 25.0. The first-order chi connectivity index (χ1) is 13.7. The van der Waals surface area contributed by atoms with Gasteiger partial charge in [-0.1, -0.05) is 26.0 Å². The molecular weight excluding hydrogens is 370 g/mol. The second kappa shape index (κ2) is 8.37. The first kappa shape index (κ1) is 21.0. The number of rotatable bonds is 7. The fourth-order valence-corrected chi connectivity index (χ4v) is 3.71. The van der Waals surface area contributed by atoms with Gasteiger partial charge in [-0.2, -0.15) is 5.10 Å². The van der Waals surface area contributed by atoms with Gasteiger partial charge in [0.05, 0.1) is 17.9 Å². The molecule has 1 saturated carbocycles. The van der Waals surface area contributed by atoms with Crippen LogP contribution < -0.4 is 15.6 Å². The predicted molar refractivity (Wildman–Crippen MR) is 111 cm³/mol. The van der Waals surface area contributed by atoms with E-state index in [-0.39, 0.29) is 30.0 Å². The Bertz CT molecular complexity index is 941. The van der Waals surface area contributed by atoms with Crippen molar-refractivity contribution in [3.63, 3.8) is 0 Å². The van der Waals surface area contributed by atoms with Crippen LogP contribution in [0.25, 0.3) is 11.1 Å². The van der Waals surface area contributed by atoms with Crippen LogP contribution in [0.2, 0.25) is 0 Å². The third-order valence-electron chi connectivity index (χ3n) is 5.06. The summed E-state index contributed by atoms with van der Waals surface area (Å²) in [5.74, 6) is 0.526. The van der Waals surface area contributed by atoms with Gasteiger partial charge in [-0.15, -0.1) is 0 Å². The molecule has 0 spiro atoms. The number of hydrogen-bond acceptors (Lipinski definition) is 5. The summed E-state index contributed by atoms with van der Waals surface area (Å²) < 4.78 is 6.77. The number of nitrogens with zero attached hydrogens (tertiary/aromatic N) is 2. The van der Waals surface area contributed by atoms with Gasteiger partial charge in [0.15, 0.2) is 0 Å². The molecule has 3 rings (SSSR count). The number of benzene rings is 1. The lowest BCUT2D eigenvalue weighted by Gasteiger charge is -2.41. The Labute approximate surface area is 170 Å². The average molecular weight is 399 g/mol. The molecule has 0 saturated heterocycles. The minimum absolute atomic E-state index is 0.0571. The third-order valence-corrected chi connectivity index (χ3v) is 5.06. The van der Waals surface area contributed by atoms with Crippen LogP contribution in [0.3, 0.4) is 0 Å². The Balaban J connectivity index is 1.84. The van der Waals surface area contributed by atoms with Crippen molar-refractivity contribution >= 4 is 5.91 Å². The Morgan fingerprint density at radius 1 is 1.38 bits per heavy atom. The van der Waals surface area contributed by atoms with Crippen molar-refractivity contribution in [2.75, 3.05) is 6.61 Å². The summed E-state index contributed by atoms with van der Waals surface area (Å²) in [6, 6.07) is 9.05. The molecule has 0 atom stereocenters. The quantitative estimate of drug-likeness (QED) is 0.746. The molecule has 1 aromatic heterocycles. The molecule has 1 heterocycles. The normalized spacial score (nSPS) is 21.0. The minimum atomic E-state index is -0.713. The van der Waals surface area contributed by atoms with Crippen molar-refractivity contribution in [3.05, 3.63) is 46.4 Å². The van der Waals surface area contributed by atoms with Gasteiger partial charge >= 0.3 is 0 Å². The van der Waals surface area contributed by atoms with Crippen molar-refractivity contribution in [1.29, 1.82) is 0 Å². The van der Waals surface area contributed by atoms with Crippen LogP contribution >= 0.6 is 0 Å². The van der Waals surface area contributed by atoms with Crippen LogP contribution in [0.1, 0.15) is 52.1 Å². The van der Waals surface area contributed by atoms with Crippen LogP contribution in [-0.2, 0) is 11.3 Å². The van der Waals surface area contributed by atoms with E-state index in [4.69, 9.17) is 4.74 Å². The molecule has 29 heavy (non-hydrogen) atoms. The van der Waals surface area contributed by atoms with E-state index in [0.29, 0.717) is 19.4 Å². The highest BCUT2D eigenvalue weighted by Gasteiger charge is 2.39. The summed E-state index contributed by atoms with van der Waals surface area (Å²) in [5.41, 5.74) is 1.31. The molecule has 1 fully saturated rings. The summed E-state index contributed by atoms with van der Waals surface area (Å²) in [5, 5.41) is 17.1. The van der Waals surface area contributed by atoms with Crippen LogP contribution in [0.15, 0.2) is 35.1 Å². The Morgan fingerprint density at radius 3 is 2.72 bits per heavy atom.